The summed E-state index contributed by atoms with van der Waals surface area (Å²) < 4.78 is 12.0. The lowest BCUT2D eigenvalue weighted by molar-refractivity contribution is -0.897. The Labute approximate surface area is 152 Å². The van der Waals surface area contributed by atoms with E-state index in [-0.39, 0.29) is 6.61 Å². The minimum atomic E-state index is -0.508. The molecular formula is C19H25BrNO3+. The minimum absolute atomic E-state index is 0.289. The summed E-state index contributed by atoms with van der Waals surface area (Å²) in [5.74, 6) is 1.65. The van der Waals surface area contributed by atoms with Crippen molar-refractivity contribution in [3.8, 4) is 11.5 Å². The maximum absolute atomic E-state index is 10.2. The van der Waals surface area contributed by atoms with Crippen LogP contribution in [0.25, 0.3) is 0 Å². The third-order valence-electron chi connectivity index (χ3n) is 3.56. The number of likely N-dealkylation sites (N-methyl/N-ethyl adjacent to an activating group) is 1. The lowest BCUT2D eigenvalue weighted by atomic mass is 10.2. The van der Waals surface area contributed by atoms with Gasteiger partial charge in [0, 0.05) is 10.0 Å². The molecule has 0 aliphatic carbocycles. The molecule has 0 aromatic heterocycles. The first-order valence-corrected chi connectivity index (χ1v) is 8.95. The summed E-state index contributed by atoms with van der Waals surface area (Å²) in [6, 6.07) is 15.7. The van der Waals surface area contributed by atoms with E-state index in [1.165, 1.54) is 10.5 Å². The number of hydrogen-bond donors (Lipinski definition) is 2. The largest absolute Gasteiger partial charge is 0.494 e. The molecule has 0 bridgehead atoms. The second-order valence-electron chi connectivity index (χ2n) is 5.84. The van der Waals surface area contributed by atoms with Crippen LogP contribution in [0.15, 0.2) is 53.0 Å². The predicted molar refractivity (Wildman–Crippen MR) is 98.7 cm³/mol. The number of aliphatic hydroxyl groups is 1. The van der Waals surface area contributed by atoms with E-state index in [0.29, 0.717) is 13.2 Å². The van der Waals surface area contributed by atoms with E-state index in [4.69, 9.17) is 9.47 Å². The lowest BCUT2D eigenvalue weighted by Gasteiger charge is -2.18. The molecule has 24 heavy (non-hydrogen) atoms. The zero-order chi connectivity index (χ0) is 17.4. The summed E-state index contributed by atoms with van der Waals surface area (Å²) in [5.41, 5.74) is 1.22. The molecule has 2 aromatic carbocycles. The van der Waals surface area contributed by atoms with Crippen LogP contribution in [0, 0.1) is 0 Å². The number of hydrogen-bond acceptors (Lipinski definition) is 3. The maximum atomic E-state index is 10.2. The highest BCUT2D eigenvalue weighted by Crippen LogP contribution is 2.17. The summed E-state index contributed by atoms with van der Waals surface area (Å²) in [6.45, 7) is 4.41. The Kier molecular flexibility index (Phi) is 7.56. The van der Waals surface area contributed by atoms with Crippen molar-refractivity contribution in [3.05, 3.63) is 58.6 Å². The van der Waals surface area contributed by atoms with E-state index in [2.05, 4.69) is 35.1 Å². The van der Waals surface area contributed by atoms with E-state index in [1.807, 2.05) is 43.3 Å². The first-order valence-electron chi connectivity index (χ1n) is 8.16. The number of nitrogens with one attached hydrogen (secondary N) is 1. The molecule has 0 fully saturated rings. The molecule has 0 aliphatic heterocycles. The zero-order valence-corrected chi connectivity index (χ0v) is 15.8. The molecule has 0 aliphatic rings. The fourth-order valence-electron chi connectivity index (χ4n) is 2.50. The molecule has 5 heteroatoms. The molecule has 4 nitrogen and oxygen atoms in total. The quantitative estimate of drug-likeness (QED) is 0.685. The van der Waals surface area contributed by atoms with Gasteiger partial charge < -0.3 is 19.5 Å². The summed E-state index contributed by atoms with van der Waals surface area (Å²) in [6.07, 6.45) is -0.508. The van der Waals surface area contributed by atoms with Crippen LogP contribution in [0.5, 0.6) is 11.5 Å². The highest BCUT2D eigenvalue weighted by molar-refractivity contribution is 9.10. The van der Waals surface area contributed by atoms with Crippen molar-refractivity contribution < 1.29 is 19.5 Å². The number of ether oxygens (including phenoxy) is 2. The standard InChI is InChI=1S/C19H24BrNO3/c1-3-23-18-9-7-15(8-10-18)12-21(2)13-17(22)14-24-19-6-4-5-16(20)11-19/h4-11,17,22H,3,12-14H2,1-2H3/p+1/t17-/m1/s1. The third kappa shape index (κ3) is 6.51. The van der Waals surface area contributed by atoms with Crippen molar-refractivity contribution in [1.29, 1.82) is 0 Å². The van der Waals surface area contributed by atoms with Gasteiger partial charge in [-0.2, -0.15) is 0 Å². The fourth-order valence-corrected chi connectivity index (χ4v) is 2.88. The molecule has 1 unspecified atom stereocenters. The third-order valence-corrected chi connectivity index (χ3v) is 4.06. The second-order valence-corrected chi connectivity index (χ2v) is 6.75. The molecular weight excluding hydrogens is 370 g/mol. The Morgan fingerprint density at radius 2 is 1.83 bits per heavy atom. The fraction of sp³-hybridized carbons (Fsp3) is 0.368. The number of benzene rings is 2. The molecule has 0 amide bonds. The van der Waals surface area contributed by atoms with Crippen molar-refractivity contribution >= 4 is 15.9 Å². The van der Waals surface area contributed by atoms with Crippen molar-refractivity contribution in [1.82, 2.24) is 0 Å². The highest BCUT2D eigenvalue weighted by Gasteiger charge is 2.13. The van der Waals surface area contributed by atoms with Gasteiger partial charge in [-0.25, -0.2) is 0 Å². The van der Waals surface area contributed by atoms with Crippen LogP contribution in [-0.4, -0.2) is 38.0 Å². The Hall–Kier alpha value is -1.56. The minimum Gasteiger partial charge on any atom is -0.494 e. The summed E-state index contributed by atoms with van der Waals surface area (Å²) >= 11 is 3.41. The molecule has 130 valence electrons. The molecule has 2 aromatic rings. The monoisotopic (exact) mass is 394 g/mol. The van der Waals surface area contributed by atoms with Gasteiger partial charge in [0.15, 0.2) is 0 Å². The molecule has 0 heterocycles. The summed E-state index contributed by atoms with van der Waals surface area (Å²) in [5, 5.41) is 10.2. The van der Waals surface area contributed by atoms with Crippen molar-refractivity contribution in [3.63, 3.8) is 0 Å². The van der Waals surface area contributed by atoms with Gasteiger partial charge in [0.05, 0.1) is 13.7 Å². The highest BCUT2D eigenvalue weighted by atomic mass is 79.9. The van der Waals surface area contributed by atoms with E-state index in [1.54, 1.807) is 0 Å². The average Bonchev–Trinajstić information content (AvgIpc) is 2.55. The molecule has 2 rings (SSSR count). The average molecular weight is 395 g/mol. The Morgan fingerprint density at radius 3 is 2.50 bits per heavy atom. The van der Waals surface area contributed by atoms with E-state index < -0.39 is 6.10 Å². The Bertz CT molecular complexity index is 618. The number of halogens is 1. The van der Waals surface area contributed by atoms with Crippen LogP contribution >= 0.6 is 15.9 Å². The van der Waals surface area contributed by atoms with Crippen LogP contribution in [0.2, 0.25) is 0 Å². The smallest absolute Gasteiger partial charge is 0.137 e. The van der Waals surface area contributed by atoms with E-state index in [0.717, 1.165) is 22.5 Å². The van der Waals surface area contributed by atoms with Crippen molar-refractivity contribution in [2.75, 3.05) is 26.8 Å². The summed E-state index contributed by atoms with van der Waals surface area (Å²) in [7, 11) is 2.07. The molecule has 0 radical (unpaired) electrons. The van der Waals surface area contributed by atoms with Gasteiger partial charge in [-0.15, -0.1) is 0 Å². The van der Waals surface area contributed by atoms with E-state index in [9.17, 15) is 5.11 Å². The van der Waals surface area contributed by atoms with Gasteiger partial charge in [-0.3, -0.25) is 0 Å². The molecule has 0 spiro atoms. The number of quaternary nitrogens is 1. The predicted octanol–water partition coefficient (Wildman–Crippen LogP) is 2.30. The molecule has 2 N–H and O–H groups in total. The molecule has 0 saturated carbocycles. The van der Waals surface area contributed by atoms with Crippen molar-refractivity contribution in [2.24, 2.45) is 0 Å². The van der Waals surface area contributed by atoms with Crippen LogP contribution in [0.3, 0.4) is 0 Å². The Morgan fingerprint density at radius 1 is 1.08 bits per heavy atom. The van der Waals surface area contributed by atoms with Gasteiger partial charge >= 0.3 is 0 Å². The molecule has 0 saturated heterocycles. The zero-order valence-electron chi connectivity index (χ0n) is 14.2. The van der Waals surface area contributed by atoms with E-state index >= 15 is 0 Å². The lowest BCUT2D eigenvalue weighted by Crippen LogP contribution is -3.09. The Balaban J connectivity index is 1.75. The van der Waals surface area contributed by atoms with Crippen LogP contribution < -0.4 is 14.4 Å². The van der Waals surface area contributed by atoms with Gasteiger partial charge in [-0.05, 0) is 49.4 Å². The van der Waals surface area contributed by atoms with Gasteiger partial charge in [0.1, 0.15) is 37.3 Å². The first-order chi connectivity index (χ1) is 11.6. The summed E-state index contributed by atoms with van der Waals surface area (Å²) in [4.78, 5) is 1.23. The number of rotatable bonds is 9. The maximum Gasteiger partial charge on any atom is 0.137 e. The SMILES string of the molecule is CCOc1ccc(C[NH+](C)C[C@@H](O)COc2cccc(Br)c2)cc1. The van der Waals surface area contributed by atoms with Crippen LogP contribution in [-0.2, 0) is 6.54 Å². The van der Waals surface area contributed by atoms with Crippen molar-refractivity contribution in [2.45, 2.75) is 19.6 Å². The van der Waals surface area contributed by atoms with Gasteiger partial charge in [-0.1, -0.05) is 22.0 Å². The topological polar surface area (TPSA) is 43.1 Å². The molecule has 2 atom stereocenters. The first kappa shape index (κ1) is 18.8. The van der Waals surface area contributed by atoms with Gasteiger partial charge in [0.2, 0.25) is 0 Å². The van der Waals surface area contributed by atoms with Crippen LogP contribution in [0.1, 0.15) is 12.5 Å². The van der Waals surface area contributed by atoms with Crippen LogP contribution in [0.4, 0.5) is 0 Å². The van der Waals surface area contributed by atoms with Gasteiger partial charge in [0.25, 0.3) is 0 Å². The normalized spacial score (nSPS) is 13.3. The number of aliphatic hydroxyl groups excluding tert-OH is 1. The second kappa shape index (κ2) is 9.67.